The molecule has 0 atom stereocenters. The van der Waals surface area contributed by atoms with E-state index in [1.165, 1.54) is 6.92 Å². The molecule has 1 aromatic carbocycles. The maximum atomic E-state index is 12.2. The number of carbonyl (C=O) groups is 2. The molecule has 0 spiro atoms. The molecular formula is C11H10N2O7S. The van der Waals surface area contributed by atoms with E-state index in [-0.39, 0.29) is 12.2 Å². The van der Waals surface area contributed by atoms with E-state index < -0.39 is 44.0 Å². The lowest BCUT2D eigenvalue weighted by Crippen LogP contribution is -2.35. The average molecular weight is 314 g/mol. The molecule has 9 nitrogen and oxygen atoms in total. The summed E-state index contributed by atoms with van der Waals surface area (Å²) in [5.41, 5.74) is -0.659. The Bertz CT molecular complexity index is 741. The molecule has 1 heterocycles. The number of amides is 1. The quantitative estimate of drug-likeness (QED) is 0.444. The van der Waals surface area contributed by atoms with Crippen molar-refractivity contribution >= 4 is 27.6 Å². The van der Waals surface area contributed by atoms with Crippen molar-refractivity contribution in [1.29, 1.82) is 0 Å². The highest BCUT2D eigenvalue weighted by molar-refractivity contribution is 7.90. The van der Waals surface area contributed by atoms with Gasteiger partial charge in [-0.2, -0.15) is 0 Å². The van der Waals surface area contributed by atoms with Crippen molar-refractivity contribution in [2.24, 2.45) is 0 Å². The van der Waals surface area contributed by atoms with Crippen LogP contribution in [0.3, 0.4) is 0 Å². The standard InChI is InChI=1S/C11H10N2O7S/c1-2-20-10(14)6-12-11(15)8-4-3-7(13(16)17)5-9(8)21(12,18)19/h3-5H,2,6H2,1H3. The number of esters is 1. The van der Waals surface area contributed by atoms with E-state index in [0.717, 1.165) is 18.2 Å². The topological polar surface area (TPSA) is 124 Å². The monoisotopic (exact) mass is 314 g/mol. The maximum Gasteiger partial charge on any atom is 0.326 e. The number of non-ortho nitro benzene ring substituents is 1. The molecule has 21 heavy (non-hydrogen) atoms. The zero-order valence-electron chi connectivity index (χ0n) is 10.8. The minimum Gasteiger partial charge on any atom is -0.465 e. The Morgan fingerprint density at radius 1 is 1.43 bits per heavy atom. The molecule has 0 saturated carbocycles. The second-order valence-corrected chi connectivity index (χ2v) is 5.89. The van der Waals surface area contributed by atoms with Crippen molar-refractivity contribution in [3.63, 3.8) is 0 Å². The van der Waals surface area contributed by atoms with Crippen LogP contribution < -0.4 is 0 Å². The smallest absolute Gasteiger partial charge is 0.326 e. The van der Waals surface area contributed by atoms with Crippen LogP contribution in [0.4, 0.5) is 5.69 Å². The Hall–Kier alpha value is -2.49. The van der Waals surface area contributed by atoms with Gasteiger partial charge in [-0.05, 0) is 13.0 Å². The molecule has 0 radical (unpaired) electrons. The molecule has 1 aromatic rings. The van der Waals surface area contributed by atoms with Crippen LogP contribution in [0.25, 0.3) is 0 Å². The van der Waals surface area contributed by atoms with E-state index >= 15 is 0 Å². The van der Waals surface area contributed by atoms with Crippen molar-refractivity contribution in [2.75, 3.05) is 13.2 Å². The van der Waals surface area contributed by atoms with Gasteiger partial charge in [-0.3, -0.25) is 19.7 Å². The first-order chi connectivity index (χ1) is 9.78. The Morgan fingerprint density at radius 3 is 2.67 bits per heavy atom. The van der Waals surface area contributed by atoms with E-state index in [1.807, 2.05) is 0 Å². The molecule has 0 aromatic heterocycles. The van der Waals surface area contributed by atoms with Gasteiger partial charge >= 0.3 is 5.97 Å². The number of ether oxygens (including phenoxy) is 1. The predicted molar refractivity (Wildman–Crippen MR) is 68.0 cm³/mol. The Labute approximate surface area is 119 Å². The normalized spacial score (nSPS) is 15.7. The number of benzene rings is 1. The van der Waals surface area contributed by atoms with Crippen LogP contribution in [0.1, 0.15) is 17.3 Å². The van der Waals surface area contributed by atoms with E-state index in [4.69, 9.17) is 0 Å². The number of hydrogen-bond donors (Lipinski definition) is 0. The molecule has 0 saturated heterocycles. The van der Waals surface area contributed by atoms with Crippen LogP contribution in [0.5, 0.6) is 0 Å². The first kappa shape index (κ1) is 14.9. The van der Waals surface area contributed by atoms with E-state index in [1.54, 1.807) is 0 Å². The summed E-state index contributed by atoms with van der Waals surface area (Å²) in [6.45, 7) is 0.813. The molecule has 0 aliphatic carbocycles. The van der Waals surface area contributed by atoms with E-state index in [9.17, 15) is 28.1 Å². The summed E-state index contributed by atoms with van der Waals surface area (Å²) in [5, 5.41) is 10.7. The first-order valence-electron chi connectivity index (χ1n) is 5.80. The van der Waals surface area contributed by atoms with Gasteiger partial charge in [0.15, 0.2) is 0 Å². The van der Waals surface area contributed by atoms with E-state index in [2.05, 4.69) is 4.74 Å². The van der Waals surface area contributed by atoms with Gasteiger partial charge in [-0.25, -0.2) is 12.7 Å². The van der Waals surface area contributed by atoms with Crippen molar-refractivity contribution in [2.45, 2.75) is 11.8 Å². The summed E-state index contributed by atoms with van der Waals surface area (Å²) in [4.78, 5) is 32.8. The number of nitro groups is 1. The minimum atomic E-state index is -4.29. The van der Waals surface area contributed by atoms with Gasteiger partial charge in [0.2, 0.25) is 0 Å². The summed E-state index contributed by atoms with van der Waals surface area (Å²) in [6.07, 6.45) is 0. The number of fused-ring (bicyclic) bond motifs is 1. The third-order valence-electron chi connectivity index (χ3n) is 2.78. The predicted octanol–water partition coefficient (Wildman–Crippen LogP) is 0.302. The number of nitrogens with zero attached hydrogens (tertiary/aromatic N) is 2. The lowest BCUT2D eigenvalue weighted by Gasteiger charge is -2.13. The van der Waals surface area contributed by atoms with Crippen LogP contribution >= 0.6 is 0 Å². The summed E-state index contributed by atoms with van der Waals surface area (Å²) in [6, 6.07) is 2.88. The zero-order chi connectivity index (χ0) is 15.8. The van der Waals surface area contributed by atoms with Gasteiger partial charge in [0, 0.05) is 12.1 Å². The van der Waals surface area contributed by atoms with Crippen LogP contribution in [-0.2, 0) is 19.6 Å². The molecule has 10 heteroatoms. The Morgan fingerprint density at radius 2 is 2.10 bits per heavy atom. The molecule has 112 valence electrons. The number of carbonyl (C=O) groups excluding carboxylic acids is 2. The van der Waals surface area contributed by atoms with Crippen molar-refractivity contribution in [3.8, 4) is 0 Å². The highest BCUT2D eigenvalue weighted by Crippen LogP contribution is 2.32. The van der Waals surface area contributed by atoms with Gasteiger partial charge in [0.1, 0.15) is 11.4 Å². The van der Waals surface area contributed by atoms with Crippen LogP contribution in [0.15, 0.2) is 23.1 Å². The second-order valence-electron chi connectivity index (χ2n) is 4.06. The van der Waals surface area contributed by atoms with Gasteiger partial charge in [-0.15, -0.1) is 0 Å². The SMILES string of the molecule is CCOC(=O)CN1C(=O)c2ccc([N+](=O)[O-])cc2S1(=O)=O. The van der Waals surface area contributed by atoms with Gasteiger partial charge in [0.25, 0.3) is 21.6 Å². The lowest BCUT2D eigenvalue weighted by molar-refractivity contribution is -0.385. The highest BCUT2D eigenvalue weighted by atomic mass is 32.2. The number of sulfonamides is 1. The fourth-order valence-corrected chi connectivity index (χ4v) is 3.39. The summed E-state index contributed by atoms with van der Waals surface area (Å²) >= 11 is 0. The molecule has 0 fully saturated rings. The minimum absolute atomic E-state index is 0.0410. The van der Waals surface area contributed by atoms with Crippen LogP contribution in [-0.4, -0.2) is 42.7 Å². The number of nitro benzene ring substituents is 1. The molecule has 1 amide bonds. The summed E-state index contributed by atoms with van der Waals surface area (Å²) < 4.78 is 29.3. The second kappa shape index (κ2) is 5.13. The third-order valence-corrected chi connectivity index (χ3v) is 4.55. The van der Waals surface area contributed by atoms with Gasteiger partial charge in [0.05, 0.1) is 17.1 Å². The molecular weight excluding hydrogens is 304 g/mol. The molecule has 0 N–H and O–H groups in total. The Balaban J connectivity index is 2.45. The highest BCUT2D eigenvalue weighted by Gasteiger charge is 2.43. The van der Waals surface area contributed by atoms with Crippen molar-refractivity contribution in [3.05, 3.63) is 33.9 Å². The molecule has 0 bridgehead atoms. The number of rotatable bonds is 4. The Kier molecular flexibility index (Phi) is 3.64. The average Bonchev–Trinajstić information content (AvgIpc) is 2.60. The van der Waals surface area contributed by atoms with Crippen molar-refractivity contribution in [1.82, 2.24) is 4.31 Å². The first-order valence-corrected chi connectivity index (χ1v) is 7.24. The summed E-state index contributed by atoms with van der Waals surface area (Å²) in [7, 11) is -4.29. The third kappa shape index (κ3) is 2.44. The largest absolute Gasteiger partial charge is 0.465 e. The summed E-state index contributed by atoms with van der Waals surface area (Å²) in [5.74, 6) is -1.79. The fourth-order valence-electron chi connectivity index (χ4n) is 1.86. The van der Waals surface area contributed by atoms with Crippen LogP contribution in [0, 0.1) is 10.1 Å². The zero-order valence-corrected chi connectivity index (χ0v) is 11.6. The molecule has 0 unspecified atom stereocenters. The molecule has 1 aliphatic heterocycles. The van der Waals surface area contributed by atoms with E-state index in [0.29, 0.717) is 4.31 Å². The van der Waals surface area contributed by atoms with Crippen LogP contribution in [0.2, 0.25) is 0 Å². The maximum absolute atomic E-state index is 12.2. The van der Waals surface area contributed by atoms with Gasteiger partial charge < -0.3 is 4.74 Å². The molecule has 2 rings (SSSR count). The van der Waals surface area contributed by atoms with Crippen molar-refractivity contribution < 1.29 is 27.7 Å². The lowest BCUT2D eigenvalue weighted by atomic mass is 10.2. The van der Waals surface area contributed by atoms with Gasteiger partial charge in [-0.1, -0.05) is 0 Å². The fraction of sp³-hybridized carbons (Fsp3) is 0.273. The molecule has 1 aliphatic rings. The number of hydrogen-bond acceptors (Lipinski definition) is 7.